The maximum Gasteiger partial charge on any atom is 0.260 e. The van der Waals surface area contributed by atoms with Gasteiger partial charge in [0.2, 0.25) is 0 Å². The van der Waals surface area contributed by atoms with Crippen molar-refractivity contribution in [1.82, 2.24) is 9.88 Å². The Morgan fingerprint density at radius 2 is 1.60 bits per heavy atom. The quantitative estimate of drug-likeness (QED) is 0.259. The van der Waals surface area contributed by atoms with Gasteiger partial charge in [0.1, 0.15) is 27.5 Å². The van der Waals surface area contributed by atoms with Gasteiger partial charge in [0.25, 0.3) is 5.91 Å². The third-order valence-corrected chi connectivity index (χ3v) is 7.12. The summed E-state index contributed by atoms with van der Waals surface area (Å²) in [5, 5.41) is 0.625. The van der Waals surface area contributed by atoms with E-state index in [-0.39, 0.29) is 5.91 Å². The fraction of sp³-hybridized carbons (Fsp3) is 0.481. The van der Waals surface area contributed by atoms with Crippen molar-refractivity contribution in [3.8, 4) is 17.2 Å². The summed E-state index contributed by atoms with van der Waals surface area (Å²) in [5.41, 5.74) is 1.30. The van der Waals surface area contributed by atoms with Crippen LogP contribution in [0.2, 0.25) is 0 Å². The molecule has 0 atom stereocenters. The number of unbranched alkanes of at least 4 members (excludes halogenated alkanes) is 2. The van der Waals surface area contributed by atoms with Crippen molar-refractivity contribution in [1.29, 1.82) is 0 Å². The van der Waals surface area contributed by atoms with Crippen LogP contribution in [0.5, 0.6) is 17.2 Å². The number of fused-ring (bicyclic) bond motifs is 1. The van der Waals surface area contributed by atoms with Gasteiger partial charge in [0.05, 0.1) is 20.8 Å². The second-order valence-corrected chi connectivity index (χ2v) is 9.19. The molecular weight excluding hydrogens is 462 g/mol. The number of aromatic nitrogens is 1. The van der Waals surface area contributed by atoms with Gasteiger partial charge in [0, 0.05) is 18.7 Å². The van der Waals surface area contributed by atoms with Crippen molar-refractivity contribution in [2.45, 2.75) is 40.0 Å². The van der Waals surface area contributed by atoms with Gasteiger partial charge < -0.3 is 19.1 Å². The van der Waals surface area contributed by atoms with Gasteiger partial charge in [-0.05, 0) is 55.9 Å². The number of carbonyl (C=O) groups excluding carboxylic acids is 1. The van der Waals surface area contributed by atoms with Crippen LogP contribution in [-0.2, 0) is 0 Å². The van der Waals surface area contributed by atoms with E-state index in [4.69, 9.17) is 19.2 Å². The van der Waals surface area contributed by atoms with E-state index in [0.29, 0.717) is 40.9 Å². The second-order valence-electron chi connectivity index (χ2n) is 8.21. The van der Waals surface area contributed by atoms with E-state index in [9.17, 15) is 4.79 Å². The molecule has 8 heteroatoms. The van der Waals surface area contributed by atoms with Gasteiger partial charge in [-0.3, -0.25) is 9.69 Å². The van der Waals surface area contributed by atoms with E-state index in [1.54, 1.807) is 19.1 Å². The molecule has 0 bridgehead atoms. The van der Waals surface area contributed by atoms with Crippen molar-refractivity contribution < 1.29 is 19.0 Å². The zero-order valence-electron chi connectivity index (χ0n) is 21.5. The molecule has 7 nitrogen and oxygen atoms in total. The van der Waals surface area contributed by atoms with Crippen LogP contribution in [-0.4, -0.2) is 62.8 Å². The molecule has 1 aromatic heterocycles. The fourth-order valence-corrected chi connectivity index (χ4v) is 4.95. The average molecular weight is 500 g/mol. The van der Waals surface area contributed by atoms with Gasteiger partial charge in [-0.15, -0.1) is 0 Å². The van der Waals surface area contributed by atoms with Crippen molar-refractivity contribution >= 4 is 32.6 Å². The largest absolute Gasteiger partial charge is 0.495 e. The van der Waals surface area contributed by atoms with E-state index < -0.39 is 0 Å². The number of methoxy groups -OCH3 is 2. The Bertz CT molecular complexity index is 1040. The highest BCUT2D eigenvalue weighted by molar-refractivity contribution is 7.22. The summed E-state index contributed by atoms with van der Waals surface area (Å²) >= 11 is 1.44. The van der Waals surface area contributed by atoms with E-state index in [1.165, 1.54) is 11.3 Å². The SMILES string of the molecule is CCCCCOc1ccc(C(=O)N(CCN(CC)CC)c2nc3c(OC)ccc(OC)c3s2)cc1. The first-order valence-corrected chi connectivity index (χ1v) is 13.2. The molecule has 0 saturated carbocycles. The lowest BCUT2D eigenvalue weighted by Crippen LogP contribution is -2.38. The average Bonchev–Trinajstić information content (AvgIpc) is 3.34. The highest BCUT2D eigenvalue weighted by Gasteiger charge is 2.24. The topological polar surface area (TPSA) is 64.1 Å². The highest BCUT2D eigenvalue weighted by atomic mass is 32.1. The first-order chi connectivity index (χ1) is 17.1. The molecule has 3 aromatic rings. The number of ether oxygens (including phenoxy) is 3. The first-order valence-electron chi connectivity index (χ1n) is 12.3. The lowest BCUT2D eigenvalue weighted by Gasteiger charge is -2.24. The highest BCUT2D eigenvalue weighted by Crippen LogP contribution is 2.40. The van der Waals surface area contributed by atoms with E-state index in [2.05, 4.69) is 25.7 Å². The third kappa shape index (κ3) is 6.64. The molecule has 0 spiro atoms. The minimum absolute atomic E-state index is 0.0910. The van der Waals surface area contributed by atoms with Crippen LogP contribution in [0, 0.1) is 0 Å². The van der Waals surface area contributed by atoms with Crippen LogP contribution in [0.25, 0.3) is 10.2 Å². The Kier molecular flexibility index (Phi) is 10.2. The van der Waals surface area contributed by atoms with Crippen LogP contribution in [0.1, 0.15) is 50.4 Å². The molecule has 0 aliphatic carbocycles. The number of thiazole rings is 1. The molecule has 0 N–H and O–H groups in total. The first kappa shape index (κ1) is 26.8. The molecule has 0 aliphatic heterocycles. The number of anilines is 1. The molecule has 0 unspecified atom stereocenters. The van der Waals surface area contributed by atoms with Crippen molar-refractivity contribution in [2.24, 2.45) is 0 Å². The summed E-state index contributed by atoms with van der Waals surface area (Å²) in [6.07, 6.45) is 3.33. The molecule has 0 radical (unpaired) electrons. The number of hydrogen-bond acceptors (Lipinski definition) is 7. The molecule has 0 fully saturated rings. The van der Waals surface area contributed by atoms with Gasteiger partial charge in [-0.25, -0.2) is 4.98 Å². The van der Waals surface area contributed by atoms with Crippen molar-refractivity contribution in [3.63, 3.8) is 0 Å². The monoisotopic (exact) mass is 499 g/mol. The zero-order chi connectivity index (χ0) is 25.2. The third-order valence-electron chi connectivity index (χ3n) is 6.03. The molecule has 2 aromatic carbocycles. The number of carbonyl (C=O) groups is 1. The summed E-state index contributed by atoms with van der Waals surface area (Å²) < 4.78 is 17.7. The van der Waals surface area contributed by atoms with Gasteiger partial charge in [-0.2, -0.15) is 0 Å². The normalized spacial score (nSPS) is 11.1. The Morgan fingerprint density at radius 3 is 2.23 bits per heavy atom. The molecule has 35 heavy (non-hydrogen) atoms. The predicted octanol–water partition coefficient (Wildman–Crippen LogP) is 5.87. The maximum absolute atomic E-state index is 13.7. The molecule has 0 saturated heterocycles. The molecule has 3 rings (SSSR count). The number of rotatable bonds is 14. The van der Waals surface area contributed by atoms with Gasteiger partial charge in [0.15, 0.2) is 5.13 Å². The zero-order valence-corrected chi connectivity index (χ0v) is 22.3. The molecular formula is C27H37N3O4S. The van der Waals surface area contributed by atoms with Crippen LogP contribution in [0.4, 0.5) is 5.13 Å². The van der Waals surface area contributed by atoms with E-state index in [1.807, 2.05) is 36.4 Å². The summed E-state index contributed by atoms with van der Waals surface area (Å²) in [6, 6.07) is 11.1. The Balaban J connectivity index is 1.90. The van der Waals surface area contributed by atoms with E-state index >= 15 is 0 Å². The lowest BCUT2D eigenvalue weighted by atomic mass is 10.2. The number of likely N-dealkylation sites (N-methyl/N-ethyl adjacent to an activating group) is 1. The number of benzene rings is 2. The molecule has 1 heterocycles. The molecule has 0 aliphatic rings. The number of amides is 1. The standard InChI is InChI=1S/C27H37N3O4S/c1-6-9-10-19-34-21-13-11-20(12-14-21)26(31)30(18-17-29(7-2)8-3)27-28-24-22(32-4)15-16-23(33-5)25(24)35-27/h11-16H,6-10,17-19H2,1-5H3. The minimum atomic E-state index is -0.0910. The summed E-state index contributed by atoms with van der Waals surface area (Å²) in [5.74, 6) is 2.06. The van der Waals surface area contributed by atoms with Crippen LogP contribution in [0.3, 0.4) is 0 Å². The Hall–Kier alpha value is -2.84. The van der Waals surface area contributed by atoms with Crippen LogP contribution >= 0.6 is 11.3 Å². The molecule has 190 valence electrons. The summed E-state index contributed by atoms with van der Waals surface area (Å²) in [7, 11) is 3.26. The van der Waals surface area contributed by atoms with Crippen LogP contribution < -0.4 is 19.1 Å². The van der Waals surface area contributed by atoms with Gasteiger partial charge >= 0.3 is 0 Å². The Morgan fingerprint density at radius 1 is 0.914 bits per heavy atom. The van der Waals surface area contributed by atoms with Crippen LogP contribution in [0.15, 0.2) is 36.4 Å². The summed E-state index contributed by atoms with van der Waals surface area (Å²) in [4.78, 5) is 22.6. The summed E-state index contributed by atoms with van der Waals surface area (Å²) in [6.45, 7) is 10.2. The Labute approximate surface area is 212 Å². The maximum atomic E-state index is 13.7. The predicted molar refractivity (Wildman–Crippen MR) is 144 cm³/mol. The van der Waals surface area contributed by atoms with Gasteiger partial charge in [-0.1, -0.05) is 44.9 Å². The number of hydrogen-bond donors (Lipinski definition) is 0. The minimum Gasteiger partial charge on any atom is -0.495 e. The number of nitrogens with zero attached hydrogens (tertiary/aromatic N) is 3. The van der Waals surface area contributed by atoms with Crippen molar-refractivity contribution in [3.05, 3.63) is 42.0 Å². The molecule has 1 amide bonds. The van der Waals surface area contributed by atoms with E-state index in [0.717, 1.165) is 49.3 Å². The fourth-order valence-electron chi connectivity index (χ4n) is 3.85. The smallest absolute Gasteiger partial charge is 0.260 e. The lowest BCUT2D eigenvalue weighted by molar-refractivity contribution is 0.0983. The second kappa shape index (κ2) is 13.3. The van der Waals surface area contributed by atoms with Crippen molar-refractivity contribution in [2.75, 3.05) is 51.9 Å².